The Bertz CT molecular complexity index is 975. The lowest BCUT2D eigenvalue weighted by molar-refractivity contribution is -0.0499. The van der Waals surface area contributed by atoms with Gasteiger partial charge >= 0.3 is 15.6 Å². The molecule has 0 spiro atoms. The molecule has 23 heavy (non-hydrogen) atoms. The average molecular weight is 346 g/mol. The van der Waals surface area contributed by atoms with Crippen LogP contribution < -0.4 is 4.18 Å². The van der Waals surface area contributed by atoms with Crippen molar-refractivity contribution in [3.8, 4) is 17.0 Å². The molecule has 3 aromatic rings. The van der Waals surface area contributed by atoms with Crippen LogP contribution in [0.25, 0.3) is 16.8 Å². The van der Waals surface area contributed by atoms with Crippen LogP contribution >= 0.6 is 0 Å². The Kier molecular flexibility index (Phi) is 3.32. The summed E-state index contributed by atoms with van der Waals surface area (Å²) in [5.74, 6) is -0.465. The molecule has 0 aromatic carbocycles. The summed E-state index contributed by atoms with van der Waals surface area (Å²) < 4.78 is 66.6. The van der Waals surface area contributed by atoms with Gasteiger partial charge in [0.1, 0.15) is 5.52 Å². The molecule has 0 saturated carbocycles. The number of fused-ring (bicyclic) bond motifs is 1. The van der Waals surface area contributed by atoms with Crippen LogP contribution in [0.15, 0.2) is 36.8 Å². The van der Waals surface area contributed by atoms with Crippen molar-refractivity contribution in [3.05, 3.63) is 36.8 Å². The van der Waals surface area contributed by atoms with E-state index in [1.54, 1.807) is 13.2 Å². The summed E-state index contributed by atoms with van der Waals surface area (Å²) in [4.78, 5) is 0. The van der Waals surface area contributed by atoms with E-state index in [2.05, 4.69) is 14.4 Å². The molecule has 11 heteroatoms. The molecule has 0 amide bonds. The highest BCUT2D eigenvalue weighted by Crippen LogP contribution is 2.31. The fraction of sp³-hybridized carbons (Fsp3) is 0.167. The molecule has 3 rings (SSSR count). The van der Waals surface area contributed by atoms with Gasteiger partial charge < -0.3 is 4.18 Å². The Morgan fingerprint density at radius 3 is 2.65 bits per heavy atom. The minimum atomic E-state index is -5.75. The molecule has 0 aliphatic rings. The molecular formula is C12H9F3N4O3S. The van der Waals surface area contributed by atoms with Crippen LogP contribution in [-0.4, -0.2) is 33.3 Å². The summed E-state index contributed by atoms with van der Waals surface area (Å²) in [6.07, 6.45) is 4.64. The lowest BCUT2D eigenvalue weighted by Gasteiger charge is -2.09. The molecule has 0 fully saturated rings. The van der Waals surface area contributed by atoms with Gasteiger partial charge in [-0.3, -0.25) is 4.68 Å². The highest BCUT2D eigenvalue weighted by Gasteiger charge is 2.48. The van der Waals surface area contributed by atoms with Crippen LogP contribution in [0.4, 0.5) is 13.2 Å². The van der Waals surface area contributed by atoms with Gasteiger partial charge in [-0.1, -0.05) is 0 Å². The molecule has 0 N–H and O–H groups in total. The van der Waals surface area contributed by atoms with E-state index >= 15 is 0 Å². The predicted octanol–water partition coefficient (Wildman–Crippen LogP) is 1.96. The van der Waals surface area contributed by atoms with Crippen molar-refractivity contribution in [2.45, 2.75) is 5.51 Å². The van der Waals surface area contributed by atoms with Crippen LogP contribution in [0.1, 0.15) is 0 Å². The smallest absolute Gasteiger partial charge is 0.374 e. The third kappa shape index (κ3) is 2.74. The number of nitrogens with zero attached hydrogens (tertiary/aromatic N) is 4. The zero-order chi connectivity index (χ0) is 16.8. The van der Waals surface area contributed by atoms with Crippen molar-refractivity contribution in [2.75, 3.05) is 0 Å². The van der Waals surface area contributed by atoms with Gasteiger partial charge in [0.05, 0.1) is 11.9 Å². The first-order valence-electron chi connectivity index (χ1n) is 6.15. The number of hydrogen-bond acceptors (Lipinski definition) is 5. The zero-order valence-corrected chi connectivity index (χ0v) is 12.3. The Labute approximate surface area is 128 Å². The fourth-order valence-corrected chi connectivity index (χ4v) is 2.39. The van der Waals surface area contributed by atoms with E-state index in [0.29, 0.717) is 11.3 Å². The van der Waals surface area contributed by atoms with Crippen molar-refractivity contribution in [3.63, 3.8) is 0 Å². The molecule has 0 radical (unpaired) electrons. The van der Waals surface area contributed by atoms with E-state index < -0.39 is 21.4 Å². The van der Waals surface area contributed by atoms with Crippen LogP contribution in [-0.2, 0) is 17.2 Å². The molecule has 0 unspecified atom stereocenters. The van der Waals surface area contributed by atoms with Crippen LogP contribution in [0, 0.1) is 0 Å². The lowest BCUT2D eigenvalue weighted by Crippen LogP contribution is -2.28. The SMILES string of the molecule is Cn1cc(-c2cc3c(OS(=O)(=O)C(F)(F)F)cccn3n2)cn1. The summed E-state index contributed by atoms with van der Waals surface area (Å²) in [5.41, 5.74) is -4.38. The van der Waals surface area contributed by atoms with Gasteiger partial charge in [-0.25, -0.2) is 4.52 Å². The number of pyridine rings is 1. The summed E-state index contributed by atoms with van der Waals surface area (Å²) >= 11 is 0. The van der Waals surface area contributed by atoms with Crippen LogP contribution in [0.5, 0.6) is 5.75 Å². The molecule has 0 atom stereocenters. The molecule has 122 valence electrons. The second-order valence-corrected chi connectivity index (χ2v) is 6.16. The van der Waals surface area contributed by atoms with Crippen molar-refractivity contribution >= 4 is 15.6 Å². The van der Waals surface area contributed by atoms with Gasteiger partial charge in [0.2, 0.25) is 0 Å². The number of aryl methyl sites for hydroxylation is 1. The molecule has 0 aliphatic heterocycles. The number of aromatic nitrogens is 4. The van der Waals surface area contributed by atoms with Gasteiger partial charge in [-0.15, -0.1) is 0 Å². The largest absolute Gasteiger partial charge is 0.534 e. The molecule has 3 aromatic heterocycles. The topological polar surface area (TPSA) is 78.5 Å². The van der Waals surface area contributed by atoms with Gasteiger partial charge in [0, 0.05) is 25.0 Å². The number of hydrogen-bond donors (Lipinski definition) is 0. The van der Waals surface area contributed by atoms with Gasteiger partial charge in [-0.05, 0) is 18.2 Å². The normalized spacial score (nSPS) is 12.7. The van der Waals surface area contributed by atoms with Gasteiger partial charge in [-0.2, -0.15) is 31.8 Å². The summed E-state index contributed by atoms with van der Waals surface area (Å²) in [6, 6.07) is 3.86. The fourth-order valence-electron chi connectivity index (χ4n) is 1.92. The molecule has 3 heterocycles. The molecule has 0 bridgehead atoms. The maximum Gasteiger partial charge on any atom is 0.534 e. The molecule has 7 nitrogen and oxygen atoms in total. The second-order valence-electron chi connectivity index (χ2n) is 4.62. The van der Waals surface area contributed by atoms with Crippen molar-refractivity contribution in [2.24, 2.45) is 7.05 Å². The monoisotopic (exact) mass is 346 g/mol. The lowest BCUT2D eigenvalue weighted by atomic mass is 10.2. The Hall–Kier alpha value is -2.56. The average Bonchev–Trinajstić information content (AvgIpc) is 3.03. The Morgan fingerprint density at radius 1 is 1.30 bits per heavy atom. The van der Waals surface area contributed by atoms with E-state index in [1.807, 2.05) is 0 Å². The van der Waals surface area contributed by atoms with Crippen LogP contribution in [0.3, 0.4) is 0 Å². The van der Waals surface area contributed by atoms with E-state index in [4.69, 9.17) is 0 Å². The molecule has 0 saturated heterocycles. The number of halogens is 3. The highest BCUT2D eigenvalue weighted by atomic mass is 32.2. The number of rotatable bonds is 3. The number of alkyl halides is 3. The Morgan fingerprint density at radius 2 is 2.04 bits per heavy atom. The van der Waals surface area contributed by atoms with Gasteiger partial charge in [0.25, 0.3) is 0 Å². The molecule has 0 aliphatic carbocycles. The minimum absolute atomic E-state index is 0.0826. The minimum Gasteiger partial charge on any atom is -0.374 e. The van der Waals surface area contributed by atoms with Crippen LogP contribution in [0.2, 0.25) is 0 Å². The van der Waals surface area contributed by atoms with E-state index in [1.165, 1.54) is 33.7 Å². The van der Waals surface area contributed by atoms with E-state index in [0.717, 1.165) is 6.07 Å². The summed E-state index contributed by atoms with van der Waals surface area (Å²) in [6.45, 7) is 0. The first kappa shape index (κ1) is 15.3. The predicted molar refractivity (Wildman–Crippen MR) is 73.0 cm³/mol. The van der Waals surface area contributed by atoms with Crippen molar-refractivity contribution in [1.29, 1.82) is 0 Å². The van der Waals surface area contributed by atoms with Gasteiger partial charge in [0.15, 0.2) is 5.75 Å². The second kappa shape index (κ2) is 4.98. The standard InChI is InChI=1S/C12H9F3N4O3S/c1-18-7-8(6-16-18)9-5-10-11(3-2-4-19(10)17-9)22-23(20,21)12(13,14)15/h2-7H,1H3. The van der Waals surface area contributed by atoms with E-state index in [9.17, 15) is 21.6 Å². The molecular weight excluding hydrogens is 337 g/mol. The Balaban J connectivity index is 2.08. The zero-order valence-electron chi connectivity index (χ0n) is 11.5. The quantitative estimate of drug-likeness (QED) is 0.535. The maximum atomic E-state index is 12.4. The van der Waals surface area contributed by atoms with Crippen molar-refractivity contribution < 1.29 is 25.8 Å². The third-order valence-corrected chi connectivity index (χ3v) is 3.91. The first-order chi connectivity index (χ1) is 10.7. The van der Waals surface area contributed by atoms with E-state index in [-0.39, 0.29) is 5.52 Å². The first-order valence-corrected chi connectivity index (χ1v) is 7.56. The van der Waals surface area contributed by atoms with Crippen molar-refractivity contribution in [1.82, 2.24) is 19.4 Å². The third-order valence-electron chi connectivity index (χ3n) is 2.95. The maximum absolute atomic E-state index is 12.4. The highest BCUT2D eigenvalue weighted by molar-refractivity contribution is 7.88. The summed E-state index contributed by atoms with van der Waals surface area (Å²) in [7, 11) is -4.05. The summed E-state index contributed by atoms with van der Waals surface area (Å²) in [5, 5.41) is 8.13.